The molecule has 1 rings (SSSR count). The highest BCUT2D eigenvalue weighted by Gasteiger charge is 2.01. The molecule has 1 aromatic rings. The smallest absolute Gasteiger partial charge is 0.0463 e. The molecular formula is C9H8BrCl2NS. The second kappa shape index (κ2) is 5.91. The van der Waals surface area contributed by atoms with Crippen molar-refractivity contribution in [3.8, 4) is 0 Å². The molecule has 1 nitrogen and oxygen atoms in total. The quantitative estimate of drug-likeness (QED) is 0.659. The molecule has 5 heteroatoms. The third-order valence-electron chi connectivity index (χ3n) is 1.46. The summed E-state index contributed by atoms with van der Waals surface area (Å²) < 4.78 is 0.971. The number of halogens is 3. The zero-order valence-electron chi connectivity index (χ0n) is 7.14. The van der Waals surface area contributed by atoms with Gasteiger partial charge in [0, 0.05) is 31.4 Å². The van der Waals surface area contributed by atoms with E-state index in [9.17, 15) is 0 Å². The minimum atomic E-state index is 0.610. The highest BCUT2D eigenvalue weighted by molar-refractivity contribution is 9.10. The summed E-state index contributed by atoms with van der Waals surface area (Å²) in [5.41, 5.74) is 7.91. The normalized spacial score (nSPS) is 11.8. The van der Waals surface area contributed by atoms with Crippen LogP contribution in [-0.2, 0) is 0 Å². The summed E-state index contributed by atoms with van der Waals surface area (Å²) in [6.45, 7) is 0. The molecule has 0 spiro atoms. The number of nitrogen functional groups attached to an aromatic ring is 1. The number of thioether (sulfide) groups is 1. The molecule has 1 aromatic carbocycles. The second-order valence-corrected chi connectivity index (χ2v) is 5.16. The van der Waals surface area contributed by atoms with E-state index >= 15 is 0 Å². The second-order valence-electron chi connectivity index (χ2n) is 2.53. The Morgan fingerprint density at radius 1 is 1.57 bits per heavy atom. The van der Waals surface area contributed by atoms with E-state index in [4.69, 9.17) is 28.9 Å². The van der Waals surface area contributed by atoms with Crippen LogP contribution in [-0.4, -0.2) is 5.75 Å². The van der Waals surface area contributed by atoms with Crippen LogP contribution in [0.2, 0.25) is 0 Å². The van der Waals surface area contributed by atoms with Gasteiger partial charge in [-0.05, 0) is 18.2 Å². The third kappa shape index (κ3) is 3.73. The van der Waals surface area contributed by atoms with Crippen LogP contribution in [0.3, 0.4) is 0 Å². The molecule has 0 saturated heterocycles. The Balaban J connectivity index is 2.68. The molecule has 0 aromatic heterocycles. The molecule has 76 valence electrons. The van der Waals surface area contributed by atoms with Crippen LogP contribution in [0.25, 0.3) is 0 Å². The molecule has 0 bridgehead atoms. The molecule has 0 aliphatic carbocycles. The lowest BCUT2D eigenvalue weighted by atomic mass is 10.3. The molecule has 0 amide bonds. The molecule has 0 fully saturated rings. The SMILES string of the molecule is Nc1cc(Br)ccc1SC/C(Cl)=C/Cl. The standard InChI is InChI=1S/C9H8BrCl2NS/c10-6-1-2-9(8(13)3-6)14-5-7(12)4-11/h1-4H,5,13H2/b7-4-. The number of nitrogens with two attached hydrogens (primary N) is 1. The Kier molecular flexibility index (Phi) is 5.17. The van der Waals surface area contributed by atoms with Gasteiger partial charge in [-0.2, -0.15) is 0 Å². The molecule has 2 N–H and O–H groups in total. The van der Waals surface area contributed by atoms with Crippen molar-refractivity contribution in [2.24, 2.45) is 0 Å². The largest absolute Gasteiger partial charge is 0.398 e. The summed E-state index contributed by atoms with van der Waals surface area (Å²) >= 11 is 16.1. The third-order valence-corrected chi connectivity index (χ3v) is 3.86. The van der Waals surface area contributed by atoms with Gasteiger partial charge in [0.15, 0.2) is 0 Å². The summed E-state index contributed by atoms with van der Waals surface area (Å²) in [5.74, 6) is 0.636. The molecule has 0 radical (unpaired) electrons. The predicted octanol–water partition coefficient (Wildman–Crippen LogP) is 4.44. The van der Waals surface area contributed by atoms with Crippen LogP contribution in [0, 0.1) is 0 Å². The van der Waals surface area contributed by atoms with E-state index < -0.39 is 0 Å². The van der Waals surface area contributed by atoms with E-state index in [1.165, 1.54) is 5.54 Å². The Morgan fingerprint density at radius 3 is 2.86 bits per heavy atom. The van der Waals surface area contributed by atoms with Crippen LogP contribution >= 0.6 is 50.9 Å². The van der Waals surface area contributed by atoms with Crippen molar-refractivity contribution in [3.63, 3.8) is 0 Å². The fourth-order valence-electron chi connectivity index (χ4n) is 0.829. The summed E-state index contributed by atoms with van der Waals surface area (Å²) in [6, 6.07) is 5.75. The first-order valence-corrected chi connectivity index (χ1v) is 6.35. The van der Waals surface area contributed by atoms with Gasteiger partial charge in [0.05, 0.1) is 0 Å². The highest BCUT2D eigenvalue weighted by atomic mass is 79.9. The monoisotopic (exact) mass is 311 g/mol. The molecule has 0 saturated carbocycles. The van der Waals surface area contributed by atoms with Gasteiger partial charge in [0.1, 0.15) is 0 Å². The maximum atomic E-state index is 5.80. The van der Waals surface area contributed by atoms with E-state index in [2.05, 4.69) is 15.9 Å². The lowest BCUT2D eigenvalue weighted by Crippen LogP contribution is -1.89. The average Bonchev–Trinajstić information content (AvgIpc) is 2.16. The number of hydrogen-bond donors (Lipinski definition) is 1. The summed E-state index contributed by atoms with van der Waals surface area (Å²) in [5, 5.41) is 0.610. The van der Waals surface area contributed by atoms with Gasteiger partial charge < -0.3 is 5.73 Å². The van der Waals surface area contributed by atoms with E-state index in [0.717, 1.165) is 15.1 Å². The van der Waals surface area contributed by atoms with Gasteiger partial charge in [0.25, 0.3) is 0 Å². The molecule has 0 aliphatic heterocycles. The number of anilines is 1. The Bertz CT molecular complexity index is 355. The molecule has 0 unspecified atom stereocenters. The zero-order chi connectivity index (χ0) is 10.6. The van der Waals surface area contributed by atoms with E-state index in [1.54, 1.807) is 11.8 Å². The van der Waals surface area contributed by atoms with Gasteiger partial charge in [0.2, 0.25) is 0 Å². The minimum Gasteiger partial charge on any atom is -0.398 e. The van der Waals surface area contributed by atoms with Crippen LogP contribution in [0.4, 0.5) is 5.69 Å². The van der Waals surface area contributed by atoms with Gasteiger partial charge in [-0.3, -0.25) is 0 Å². The summed E-state index contributed by atoms with van der Waals surface area (Å²) in [6.07, 6.45) is 0. The van der Waals surface area contributed by atoms with Crippen molar-refractivity contribution in [3.05, 3.63) is 33.2 Å². The first-order chi connectivity index (χ1) is 6.63. The Hall–Kier alpha value is 0.170. The van der Waals surface area contributed by atoms with Gasteiger partial charge >= 0.3 is 0 Å². The lowest BCUT2D eigenvalue weighted by molar-refractivity contribution is 1.44. The molecule has 0 aliphatic rings. The van der Waals surface area contributed by atoms with Crippen molar-refractivity contribution in [2.75, 3.05) is 11.5 Å². The van der Waals surface area contributed by atoms with Crippen LogP contribution in [0.1, 0.15) is 0 Å². The van der Waals surface area contributed by atoms with E-state index in [1.807, 2.05) is 18.2 Å². The Morgan fingerprint density at radius 2 is 2.29 bits per heavy atom. The fraction of sp³-hybridized carbons (Fsp3) is 0.111. The zero-order valence-corrected chi connectivity index (χ0v) is 11.1. The van der Waals surface area contributed by atoms with E-state index in [-0.39, 0.29) is 0 Å². The molecule has 0 heterocycles. The van der Waals surface area contributed by atoms with Crippen molar-refractivity contribution >= 4 is 56.6 Å². The molecule has 14 heavy (non-hydrogen) atoms. The predicted molar refractivity (Wildman–Crippen MR) is 69.1 cm³/mol. The number of hydrogen-bond acceptors (Lipinski definition) is 2. The maximum absolute atomic E-state index is 5.80. The van der Waals surface area contributed by atoms with Crippen LogP contribution < -0.4 is 5.73 Å². The Labute approximate surface area is 106 Å². The van der Waals surface area contributed by atoms with E-state index in [0.29, 0.717) is 10.8 Å². The van der Waals surface area contributed by atoms with Gasteiger partial charge in [-0.25, -0.2) is 0 Å². The first kappa shape index (κ1) is 12.2. The fourth-order valence-corrected chi connectivity index (χ4v) is 2.31. The molecular weight excluding hydrogens is 305 g/mol. The maximum Gasteiger partial charge on any atom is 0.0463 e. The van der Waals surface area contributed by atoms with Crippen molar-refractivity contribution in [1.29, 1.82) is 0 Å². The first-order valence-electron chi connectivity index (χ1n) is 3.76. The summed E-state index contributed by atoms with van der Waals surface area (Å²) in [7, 11) is 0. The van der Waals surface area contributed by atoms with Crippen LogP contribution in [0.15, 0.2) is 38.1 Å². The van der Waals surface area contributed by atoms with Crippen LogP contribution in [0.5, 0.6) is 0 Å². The van der Waals surface area contributed by atoms with Gasteiger partial charge in [-0.15, -0.1) is 11.8 Å². The van der Waals surface area contributed by atoms with Crippen molar-refractivity contribution in [2.45, 2.75) is 4.90 Å². The number of rotatable bonds is 3. The minimum absolute atomic E-state index is 0.610. The number of benzene rings is 1. The average molecular weight is 313 g/mol. The molecule has 0 atom stereocenters. The van der Waals surface area contributed by atoms with Gasteiger partial charge in [-0.1, -0.05) is 39.1 Å². The highest BCUT2D eigenvalue weighted by Crippen LogP contribution is 2.29. The lowest BCUT2D eigenvalue weighted by Gasteiger charge is -2.04. The van der Waals surface area contributed by atoms with Crippen molar-refractivity contribution in [1.82, 2.24) is 0 Å². The summed E-state index contributed by atoms with van der Waals surface area (Å²) in [4.78, 5) is 1.00. The van der Waals surface area contributed by atoms with Crippen molar-refractivity contribution < 1.29 is 0 Å². The topological polar surface area (TPSA) is 26.0 Å².